The van der Waals surface area contributed by atoms with Crippen LogP contribution in [0.1, 0.15) is 72.0 Å². The predicted octanol–water partition coefficient (Wildman–Crippen LogP) is 3.18. The van der Waals surface area contributed by atoms with Gasteiger partial charge in [-0.25, -0.2) is 4.68 Å². The van der Waals surface area contributed by atoms with Gasteiger partial charge in [-0.1, -0.05) is 46.3 Å². The van der Waals surface area contributed by atoms with Gasteiger partial charge in [-0.2, -0.15) is 0 Å². The summed E-state index contributed by atoms with van der Waals surface area (Å²) in [6.45, 7) is 12.4. The summed E-state index contributed by atoms with van der Waals surface area (Å²) in [5, 5.41) is 8.60. The number of rotatable bonds is 4. The van der Waals surface area contributed by atoms with Gasteiger partial charge in [0, 0.05) is 31.1 Å². The second kappa shape index (κ2) is 6.80. The number of carbonyl (C=O) groups is 1. The van der Waals surface area contributed by atoms with Gasteiger partial charge in [0.05, 0.1) is 11.7 Å². The highest BCUT2D eigenvalue weighted by Crippen LogP contribution is 2.25. The van der Waals surface area contributed by atoms with Crippen molar-refractivity contribution in [1.29, 1.82) is 0 Å². The van der Waals surface area contributed by atoms with E-state index in [1.807, 2.05) is 9.58 Å². The van der Waals surface area contributed by atoms with E-state index in [9.17, 15) is 4.79 Å². The lowest BCUT2D eigenvalue weighted by Crippen LogP contribution is -2.39. The van der Waals surface area contributed by atoms with Crippen molar-refractivity contribution in [2.24, 2.45) is 5.92 Å². The van der Waals surface area contributed by atoms with E-state index in [2.05, 4.69) is 51.1 Å². The van der Waals surface area contributed by atoms with E-state index in [0.717, 1.165) is 38.0 Å². The maximum absolute atomic E-state index is 12.2. The first-order valence-corrected chi connectivity index (χ1v) is 8.51. The third-order valence-corrected chi connectivity index (χ3v) is 4.69. The number of likely N-dealkylation sites (tertiary alicyclic amines) is 1. The number of hydrogen-bond acceptors (Lipinski definition) is 3. The van der Waals surface area contributed by atoms with Crippen LogP contribution in [0.5, 0.6) is 0 Å². The van der Waals surface area contributed by atoms with E-state index in [4.69, 9.17) is 0 Å². The highest BCUT2D eigenvalue weighted by atomic mass is 16.2. The number of carbonyl (C=O) groups excluding carboxylic acids is 1. The molecule has 1 fully saturated rings. The summed E-state index contributed by atoms with van der Waals surface area (Å²) >= 11 is 0. The number of piperidine rings is 1. The minimum absolute atomic E-state index is 0.0329. The Morgan fingerprint density at radius 3 is 2.50 bits per heavy atom. The molecule has 1 aliphatic heterocycles. The lowest BCUT2D eigenvalue weighted by Gasteiger charge is -2.32. The molecule has 1 aromatic heterocycles. The van der Waals surface area contributed by atoms with Crippen LogP contribution in [0, 0.1) is 5.92 Å². The average Bonchev–Trinajstić information content (AvgIpc) is 2.97. The Morgan fingerprint density at radius 2 is 2.00 bits per heavy atom. The van der Waals surface area contributed by atoms with Crippen molar-refractivity contribution in [1.82, 2.24) is 19.9 Å². The zero-order valence-corrected chi connectivity index (χ0v) is 14.7. The van der Waals surface area contributed by atoms with Gasteiger partial charge in [0.15, 0.2) is 0 Å². The maximum atomic E-state index is 12.2. The fourth-order valence-electron chi connectivity index (χ4n) is 2.75. The number of amides is 1. The number of hydrogen-bond donors (Lipinski definition) is 0. The number of nitrogens with zero attached hydrogens (tertiary/aromatic N) is 4. The summed E-state index contributed by atoms with van der Waals surface area (Å²) < 4.78 is 2.00. The molecule has 0 aliphatic carbocycles. The standard InChI is InChI=1S/C17H30N4O/c1-6-13(2)11-16(22)20-9-7-14(8-10-20)21-12-15(18-19-21)17(3,4)5/h12-14H,6-11H2,1-5H3. The van der Waals surface area contributed by atoms with Gasteiger partial charge in [-0.3, -0.25) is 4.79 Å². The van der Waals surface area contributed by atoms with Crippen LogP contribution in [0.4, 0.5) is 0 Å². The third-order valence-electron chi connectivity index (χ3n) is 4.69. The third kappa shape index (κ3) is 4.08. The second-order valence-corrected chi connectivity index (χ2v) is 7.66. The Morgan fingerprint density at radius 1 is 1.36 bits per heavy atom. The fourth-order valence-corrected chi connectivity index (χ4v) is 2.75. The molecule has 5 nitrogen and oxygen atoms in total. The molecule has 1 aromatic rings. The van der Waals surface area contributed by atoms with Crippen molar-refractivity contribution in [3.05, 3.63) is 11.9 Å². The largest absolute Gasteiger partial charge is 0.343 e. The molecule has 0 radical (unpaired) electrons. The summed E-state index contributed by atoms with van der Waals surface area (Å²) in [5.74, 6) is 0.789. The zero-order valence-electron chi connectivity index (χ0n) is 14.7. The Balaban J connectivity index is 1.89. The van der Waals surface area contributed by atoms with E-state index < -0.39 is 0 Å². The van der Waals surface area contributed by atoms with Gasteiger partial charge in [-0.15, -0.1) is 5.10 Å². The van der Waals surface area contributed by atoms with Crippen molar-refractivity contribution in [2.45, 2.75) is 71.8 Å². The molecule has 0 bridgehead atoms. The van der Waals surface area contributed by atoms with Crippen LogP contribution in [0.2, 0.25) is 0 Å². The Labute approximate surface area is 134 Å². The van der Waals surface area contributed by atoms with Gasteiger partial charge in [0.2, 0.25) is 5.91 Å². The monoisotopic (exact) mass is 306 g/mol. The Kier molecular flexibility index (Phi) is 5.24. The highest BCUT2D eigenvalue weighted by molar-refractivity contribution is 5.76. The molecule has 1 atom stereocenters. The first-order chi connectivity index (χ1) is 10.3. The molecule has 1 aliphatic rings. The van der Waals surface area contributed by atoms with Crippen LogP contribution < -0.4 is 0 Å². The summed E-state index contributed by atoms with van der Waals surface area (Å²) in [6.07, 6.45) is 5.76. The van der Waals surface area contributed by atoms with E-state index >= 15 is 0 Å². The summed E-state index contributed by atoms with van der Waals surface area (Å²) in [5.41, 5.74) is 1.06. The Hall–Kier alpha value is -1.39. The normalized spacial score (nSPS) is 18.5. The van der Waals surface area contributed by atoms with Crippen molar-refractivity contribution in [3.8, 4) is 0 Å². The number of aromatic nitrogens is 3. The molecule has 0 spiro atoms. The van der Waals surface area contributed by atoms with Crippen molar-refractivity contribution in [2.75, 3.05) is 13.1 Å². The minimum Gasteiger partial charge on any atom is -0.343 e. The predicted molar refractivity (Wildman–Crippen MR) is 87.6 cm³/mol. The summed E-state index contributed by atoms with van der Waals surface area (Å²) in [6, 6.07) is 0.372. The van der Waals surface area contributed by atoms with Crippen molar-refractivity contribution < 1.29 is 4.79 Å². The molecule has 0 N–H and O–H groups in total. The van der Waals surface area contributed by atoms with Crippen LogP contribution in [0.15, 0.2) is 6.20 Å². The SMILES string of the molecule is CCC(C)CC(=O)N1CCC(n2cc(C(C)(C)C)nn2)CC1. The van der Waals surface area contributed by atoms with E-state index in [0.29, 0.717) is 24.3 Å². The maximum Gasteiger partial charge on any atom is 0.222 e. The quantitative estimate of drug-likeness (QED) is 0.858. The molecule has 1 amide bonds. The van der Waals surface area contributed by atoms with E-state index in [-0.39, 0.29) is 5.41 Å². The van der Waals surface area contributed by atoms with Crippen molar-refractivity contribution in [3.63, 3.8) is 0 Å². The Bertz CT molecular complexity index is 495. The molecular formula is C17H30N4O. The van der Waals surface area contributed by atoms with Gasteiger partial charge in [0.1, 0.15) is 0 Å². The van der Waals surface area contributed by atoms with Gasteiger partial charge in [-0.05, 0) is 18.8 Å². The summed E-state index contributed by atoms with van der Waals surface area (Å²) in [7, 11) is 0. The van der Waals surface area contributed by atoms with Gasteiger partial charge < -0.3 is 4.90 Å². The second-order valence-electron chi connectivity index (χ2n) is 7.66. The smallest absolute Gasteiger partial charge is 0.222 e. The van der Waals surface area contributed by atoms with Crippen LogP contribution in [-0.2, 0) is 10.2 Å². The van der Waals surface area contributed by atoms with Crippen molar-refractivity contribution >= 4 is 5.91 Å². The van der Waals surface area contributed by atoms with E-state index in [1.54, 1.807) is 0 Å². The molecule has 2 heterocycles. The summed E-state index contributed by atoms with van der Waals surface area (Å²) in [4.78, 5) is 14.3. The lowest BCUT2D eigenvalue weighted by atomic mass is 9.93. The molecule has 22 heavy (non-hydrogen) atoms. The lowest BCUT2D eigenvalue weighted by molar-refractivity contribution is -0.133. The molecule has 0 aromatic carbocycles. The van der Waals surface area contributed by atoms with Crippen LogP contribution in [0.25, 0.3) is 0 Å². The van der Waals surface area contributed by atoms with Crippen LogP contribution >= 0.6 is 0 Å². The molecule has 1 unspecified atom stereocenters. The van der Waals surface area contributed by atoms with Gasteiger partial charge in [0.25, 0.3) is 0 Å². The molecule has 5 heteroatoms. The van der Waals surface area contributed by atoms with Gasteiger partial charge >= 0.3 is 0 Å². The molecule has 2 rings (SSSR count). The molecule has 124 valence electrons. The van der Waals surface area contributed by atoms with Crippen LogP contribution in [-0.4, -0.2) is 38.9 Å². The van der Waals surface area contributed by atoms with Crippen LogP contribution in [0.3, 0.4) is 0 Å². The highest BCUT2D eigenvalue weighted by Gasteiger charge is 2.26. The molecule has 1 saturated heterocycles. The van der Waals surface area contributed by atoms with E-state index in [1.165, 1.54) is 0 Å². The average molecular weight is 306 g/mol. The first kappa shape index (κ1) is 17.0. The fraction of sp³-hybridized carbons (Fsp3) is 0.824. The first-order valence-electron chi connectivity index (χ1n) is 8.51. The zero-order chi connectivity index (χ0) is 16.3. The minimum atomic E-state index is 0.0329. The molecular weight excluding hydrogens is 276 g/mol. The molecule has 0 saturated carbocycles. The topological polar surface area (TPSA) is 51.0 Å².